The third-order valence-corrected chi connectivity index (χ3v) is 4.37. The van der Waals surface area contributed by atoms with Gasteiger partial charge in [0, 0.05) is 18.8 Å². The molecule has 0 saturated carbocycles. The summed E-state index contributed by atoms with van der Waals surface area (Å²) in [6.07, 6.45) is 0.904. The zero-order valence-corrected chi connectivity index (χ0v) is 11.2. The summed E-state index contributed by atoms with van der Waals surface area (Å²) in [5.41, 5.74) is -0.238. The highest BCUT2D eigenvalue weighted by Gasteiger charge is 2.26. The summed E-state index contributed by atoms with van der Waals surface area (Å²) in [5.74, 6) is -0.539. The fraction of sp³-hybridized carbons (Fsp3) is 0.385. The molecule has 0 bridgehead atoms. The van der Waals surface area contributed by atoms with Crippen molar-refractivity contribution in [1.82, 2.24) is 4.90 Å². The smallest absolute Gasteiger partial charge is 0.335 e. The SMILES string of the molecule is CN(C(=O)c1ccc(C(=O)O)cc1F)C1CCSC1. The van der Waals surface area contributed by atoms with Gasteiger partial charge in [0.25, 0.3) is 5.91 Å². The minimum Gasteiger partial charge on any atom is -0.478 e. The topological polar surface area (TPSA) is 57.6 Å². The van der Waals surface area contributed by atoms with Crippen LogP contribution in [-0.4, -0.2) is 46.5 Å². The second-order valence-corrected chi connectivity index (χ2v) is 5.58. The van der Waals surface area contributed by atoms with Crippen LogP contribution in [0.1, 0.15) is 27.1 Å². The van der Waals surface area contributed by atoms with Gasteiger partial charge in [-0.1, -0.05) is 0 Å². The molecule has 0 radical (unpaired) electrons. The van der Waals surface area contributed by atoms with Crippen molar-refractivity contribution in [3.8, 4) is 0 Å². The first kappa shape index (κ1) is 13.9. The Balaban J connectivity index is 2.21. The molecule has 1 unspecified atom stereocenters. The molecule has 6 heteroatoms. The van der Waals surface area contributed by atoms with Crippen LogP contribution < -0.4 is 0 Å². The fourth-order valence-corrected chi connectivity index (χ4v) is 3.27. The minimum absolute atomic E-state index is 0.0793. The lowest BCUT2D eigenvalue weighted by atomic mass is 10.1. The van der Waals surface area contributed by atoms with Crippen LogP contribution in [0.5, 0.6) is 0 Å². The van der Waals surface area contributed by atoms with Crippen LogP contribution >= 0.6 is 11.8 Å². The molecule has 1 aromatic carbocycles. The summed E-state index contributed by atoms with van der Waals surface area (Å²) in [7, 11) is 1.66. The normalized spacial score (nSPS) is 18.3. The van der Waals surface area contributed by atoms with Gasteiger partial charge in [0.1, 0.15) is 5.82 Å². The highest BCUT2D eigenvalue weighted by atomic mass is 32.2. The number of aromatic carboxylic acids is 1. The molecule has 1 saturated heterocycles. The van der Waals surface area contributed by atoms with Crippen LogP contribution in [0.2, 0.25) is 0 Å². The Hall–Kier alpha value is -1.56. The Labute approximate surface area is 114 Å². The van der Waals surface area contributed by atoms with Crippen molar-refractivity contribution < 1.29 is 19.1 Å². The summed E-state index contributed by atoms with van der Waals surface area (Å²) in [5, 5.41) is 8.76. The number of carbonyl (C=O) groups is 2. The van der Waals surface area contributed by atoms with Gasteiger partial charge in [-0.25, -0.2) is 9.18 Å². The molecule has 1 aliphatic rings. The van der Waals surface area contributed by atoms with Crippen LogP contribution in [0.4, 0.5) is 4.39 Å². The number of benzene rings is 1. The van der Waals surface area contributed by atoms with Gasteiger partial charge in [0.2, 0.25) is 0 Å². The zero-order chi connectivity index (χ0) is 14.0. The number of thioether (sulfide) groups is 1. The van der Waals surface area contributed by atoms with E-state index in [1.807, 2.05) is 0 Å². The third kappa shape index (κ3) is 2.89. The van der Waals surface area contributed by atoms with Crippen molar-refractivity contribution in [2.45, 2.75) is 12.5 Å². The molecular weight excluding hydrogens is 269 g/mol. The van der Waals surface area contributed by atoms with Gasteiger partial charge in [-0.05, 0) is 30.4 Å². The first-order chi connectivity index (χ1) is 9.00. The van der Waals surface area contributed by atoms with E-state index in [4.69, 9.17) is 5.11 Å². The van der Waals surface area contributed by atoms with Crippen molar-refractivity contribution in [1.29, 1.82) is 0 Å². The van der Waals surface area contributed by atoms with Crippen molar-refractivity contribution >= 4 is 23.6 Å². The highest BCUT2D eigenvalue weighted by molar-refractivity contribution is 7.99. The molecule has 1 aromatic rings. The van der Waals surface area contributed by atoms with Gasteiger partial charge in [-0.2, -0.15) is 11.8 Å². The predicted octanol–water partition coefficient (Wildman–Crippen LogP) is 2.10. The summed E-state index contributed by atoms with van der Waals surface area (Å²) in [6, 6.07) is 3.48. The number of carbonyl (C=O) groups excluding carboxylic acids is 1. The monoisotopic (exact) mass is 283 g/mol. The fourth-order valence-electron chi connectivity index (χ4n) is 2.00. The number of nitrogens with zero attached hydrogens (tertiary/aromatic N) is 1. The molecule has 102 valence electrons. The molecule has 1 aliphatic heterocycles. The summed E-state index contributed by atoms with van der Waals surface area (Å²) in [4.78, 5) is 24.4. The summed E-state index contributed by atoms with van der Waals surface area (Å²) in [6.45, 7) is 0. The van der Waals surface area contributed by atoms with Gasteiger partial charge in [-0.15, -0.1) is 0 Å². The van der Waals surface area contributed by atoms with Crippen molar-refractivity contribution in [3.63, 3.8) is 0 Å². The number of hydrogen-bond donors (Lipinski definition) is 1. The number of carboxylic acid groups (broad SMARTS) is 1. The lowest BCUT2D eigenvalue weighted by Crippen LogP contribution is -2.37. The second-order valence-electron chi connectivity index (χ2n) is 4.43. The lowest BCUT2D eigenvalue weighted by molar-refractivity contribution is 0.0691. The van der Waals surface area contributed by atoms with E-state index < -0.39 is 17.7 Å². The number of carboxylic acids is 1. The quantitative estimate of drug-likeness (QED) is 0.923. The Morgan fingerprint density at radius 3 is 2.74 bits per heavy atom. The molecule has 0 spiro atoms. The predicted molar refractivity (Wildman–Crippen MR) is 71.2 cm³/mol. The number of amides is 1. The molecule has 2 rings (SSSR count). The standard InChI is InChI=1S/C13H14FNO3S/c1-15(9-4-5-19-7-9)12(16)10-3-2-8(13(17)18)6-11(10)14/h2-3,6,9H,4-5,7H2,1H3,(H,17,18). The van der Waals surface area contributed by atoms with Gasteiger partial charge >= 0.3 is 5.97 Å². The molecule has 1 N–H and O–H groups in total. The maximum absolute atomic E-state index is 13.8. The lowest BCUT2D eigenvalue weighted by Gasteiger charge is -2.24. The highest BCUT2D eigenvalue weighted by Crippen LogP contribution is 2.23. The van der Waals surface area contributed by atoms with Crippen molar-refractivity contribution in [2.75, 3.05) is 18.6 Å². The van der Waals surface area contributed by atoms with Crippen LogP contribution in [0.25, 0.3) is 0 Å². The Bertz CT molecular complexity index is 515. The van der Waals surface area contributed by atoms with Crippen LogP contribution in [0.3, 0.4) is 0 Å². The molecule has 0 aromatic heterocycles. The third-order valence-electron chi connectivity index (χ3n) is 3.22. The number of rotatable bonds is 3. The molecule has 1 amide bonds. The van der Waals surface area contributed by atoms with E-state index in [9.17, 15) is 14.0 Å². The average molecular weight is 283 g/mol. The van der Waals surface area contributed by atoms with E-state index in [0.29, 0.717) is 0 Å². The zero-order valence-electron chi connectivity index (χ0n) is 10.4. The molecule has 0 aliphatic carbocycles. The van der Waals surface area contributed by atoms with Gasteiger partial charge in [0.15, 0.2) is 0 Å². The van der Waals surface area contributed by atoms with Crippen LogP contribution in [0.15, 0.2) is 18.2 Å². The molecule has 1 heterocycles. The van der Waals surface area contributed by atoms with Gasteiger partial charge in [0.05, 0.1) is 11.1 Å². The molecule has 4 nitrogen and oxygen atoms in total. The second kappa shape index (κ2) is 5.61. The average Bonchev–Trinajstić information content (AvgIpc) is 2.90. The maximum atomic E-state index is 13.8. The first-order valence-electron chi connectivity index (χ1n) is 5.88. The Morgan fingerprint density at radius 1 is 1.47 bits per heavy atom. The summed E-state index contributed by atoms with van der Waals surface area (Å²) < 4.78 is 13.8. The van der Waals surface area contributed by atoms with E-state index in [1.54, 1.807) is 23.7 Å². The molecule has 1 atom stereocenters. The van der Waals surface area contributed by atoms with E-state index in [0.717, 1.165) is 24.0 Å². The van der Waals surface area contributed by atoms with E-state index in [-0.39, 0.29) is 17.2 Å². The Kier molecular flexibility index (Phi) is 4.09. The summed E-state index contributed by atoms with van der Waals surface area (Å²) >= 11 is 1.77. The minimum atomic E-state index is -1.21. The van der Waals surface area contributed by atoms with Crippen molar-refractivity contribution in [3.05, 3.63) is 35.1 Å². The molecule has 19 heavy (non-hydrogen) atoms. The van der Waals surface area contributed by atoms with E-state index in [2.05, 4.69) is 0 Å². The van der Waals surface area contributed by atoms with E-state index in [1.165, 1.54) is 12.1 Å². The molecule has 1 fully saturated rings. The first-order valence-corrected chi connectivity index (χ1v) is 7.04. The maximum Gasteiger partial charge on any atom is 0.335 e. The van der Waals surface area contributed by atoms with Crippen LogP contribution in [-0.2, 0) is 0 Å². The molecular formula is C13H14FNO3S. The largest absolute Gasteiger partial charge is 0.478 e. The van der Waals surface area contributed by atoms with Crippen LogP contribution in [0, 0.1) is 5.82 Å². The van der Waals surface area contributed by atoms with E-state index >= 15 is 0 Å². The van der Waals surface area contributed by atoms with Gasteiger partial charge < -0.3 is 10.0 Å². The Morgan fingerprint density at radius 2 is 2.21 bits per heavy atom. The number of hydrogen-bond acceptors (Lipinski definition) is 3. The van der Waals surface area contributed by atoms with Crippen molar-refractivity contribution in [2.24, 2.45) is 0 Å². The van der Waals surface area contributed by atoms with Gasteiger partial charge in [-0.3, -0.25) is 4.79 Å². The number of halogens is 1.